The summed E-state index contributed by atoms with van der Waals surface area (Å²) in [5.41, 5.74) is -0.676. The third-order valence-corrected chi connectivity index (χ3v) is 4.15. The molecular weight excluding hydrogens is 308 g/mol. The van der Waals surface area contributed by atoms with Crippen LogP contribution in [-0.2, 0) is 14.4 Å². The number of likely N-dealkylation sites (N-methyl/N-ethyl adjacent to an activating group) is 1. The van der Waals surface area contributed by atoms with E-state index in [0.717, 1.165) is 38.5 Å². The zero-order valence-electron chi connectivity index (χ0n) is 15.4. The first kappa shape index (κ1) is 22.4. The van der Waals surface area contributed by atoms with Gasteiger partial charge in [0.15, 0.2) is 0 Å². The van der Waals surface area contributed by atoms with Crippen molar-refractivity contribution in [3.63, 3.8) is 0 Å². The highest BCUT2D eigenvalue weighted by atomic mass is 16.2. The molecule has 1 unspecified atom stereocenters. The molecule has 0 spiro atoms. The Morgan fingerprint density at radius 1 is 1.00 bits per heavy atom. The molecule has 1 atom stereocenters. The lowest BCUT2D eigenvalue weighted by molar-refractivity contribution is -0.130. The molecule has 3 amide bonds. The van der Waals surface area contributed by atoms with E-state index in [4.69, 9.17) is 0 Å². The van der Waals surface area contributed by atoms with Gasteiger partial charge in [-0.25, -0.2) is 0 Å². The van der Waals surface area contributed by atoms with E-state index in [1.165, 1.54) is 0 Å². The van der Waals surface area contributed by atoms with Crippen molar-refractivity contribution in [3.05, 3.63) is 0 Å². The van der Waals surface area contributed by atoms with Gasteiger partial charge in [-0.1, -0.05) is 32.6 Å². The molecule has 7 heteroatoms. The van der Waals surface area contributed by atoms with Gasteiger partial charge in [0.2, 0.25) is 18.2 Å². The van der Waals surface area contributed by atoms with E-state index in [1.807, 2.05) is 6.92 Å². The van der Waals surface area contributed by atoms with Crippen molar-refractivity contribution in [1.29, 1.82) is 0 Å². The lowest BCUT2D eigenvalue weighted by Gasteiger charge is -2.28. The fourth-order valence-corrected chi connectivity index (χ4v) is 2.29. The quantitative estimate of drug-likeness (QED) is 0.260. The average molecular weight is 342 g/mol. The Morgan fingerprint density at radius 2 is 1.71 bits per heavy atom. The molecule has 4 N–H and O–H groups in total. The Labute approximate surface area is 145 Å². The second kappa shape index (κ2) is 13.8. The van der Waals surface area contributed by atoms with E-state index in [0.29, 0.717) is 25.9 Å². The van der Waals surface area contributed by atoms with Crippen molar-refractivity contribution in [3.8, 4) is 0 Å². The van der Waals surface area contributed by atoms with Gasteiger partial charge in [0, 0.05) is 13.1 Å². The van der Waals surface area contributed by atoms with Crippen LogP contribution in [0.2, 0.25) is 0 Å². The highest BCUT2D eigenvalue weighted by Gasteiger charge is 2.30. The Balaban J connectivity index is 4.02. The van der Waals surface area contributed by atoms with Gasteiger partial charge in [-0.15, -0.1) is 0 Å². The maximum atomic E-state index is 12.3. The Bertz CT molecular complexity index is 377. The summed E-state index contributed by atoms with van der Waals surface area (Å²) in [6.07, 6.45) is 7.25. The van der Waals surface area contributed by atoms with Gasteiger partial charge in [-0.05, 0) is 33.2 Å². The minimum atomic E-state index is -0.676. The van der Waals surface area contributed by atoms with Crippen molar-refractivity contribution in [1.82, 2.24) is 21.3 Å². The zero-order valence-corrected chi connectivity index (χ0v) is 15.4. The molecular formula is C17H34N4O3. The first-order chi connectivity index (χ1) is 11.5. The normalized spacial score (nSPS) is 13.0. The van der Waals surface area contributed by atoms with E-state index >= 15 is 0 Å². The van der Waals surface area contributed by atoms with Crippen LogP contribution in [-0.4, -0.2) is 50.4 Å². The Morgan fingerprint density at radius 3 is 2.33 bits per heavy atom. The topological polar surface area (TPSA) is 99.3 Å². The number of carbonyl (C=O) groups is 3. The zero-order chi connectivity index (χ0) is 18.3. The van der Waals surface area contributed by atoms with E-state index in [9.17, 15) is 14.4 Å². The predicted octanol–water partition coefficient (Wildman–Crippen LogP) is 0.694. The van der Waals surface area contributed by atoms with Crippen LogP contribution in [0.15, 0.2) is 0 Å². The Kier molecular flexibility index (Phi) is 12.8. The molecule has 0 aliphatic carbocycles. The molecule has 140 valence electrons. The molecule has 0 saturated heterocycles. The van der Waals surface area contributed by atoms with Crippen LogP contribution in [0.1, 0.15) is 58.8 Å². The fourth-order valence-electron chi connectivity index (χ4n) is 2.29. The van der Waals surface area contributed by atoms with Crippen LogP contribution in [0.4, 0.5) is 0 Å². The van der Waals surface area contributed by atoms with E-state index in [2.05, 4.69) is 28.2 Å². The van der Waals surface area contributed by atoms with Crippen LogP contribution in [0.3, 0.4) is 0 Å². The molecule has 0 heterocycles. The van der Waals surface area contributed by atoms with Crippen molar-refractivity contribution in [2.45, 2.75) is 64.3 Å². The third kappa shape index (κ3) is 10.2. The van der Waals surface area contributed by atoms with Gasteiger partial charge < -0.3 is 21.3 Å². The number of hydrogen-bond donors (Lipinski definition) is 4. The van der Waals surface area contributed by atoms with Gasteiger partial charge in [0.25, 0.3) is 0 Å². The minimum absolute atomic E-state index is 0.0111. The van der Waals surface area contributed by atoms with Gasteiger partial charge >= 0.3 is 0 Å². The van der Waals surface area contributed by atoms with Crippen molar-refractivity contribution in [2.75, 3.05) is 26.7 Å². The first-order valence-electron chi connectivity index (χ1n) is 8.91. The number of nitrogens with one attached hydrogen (secondary N) is 4. The summed E-state index contributed by atoms with van der Waals surface area (Å²) in [5, 5.41) is 11.2. The summed E-state index contributed by atoms with van der Waals surface area (Å²) in [7, 11) is 1.76. The molecule has 0 aliphatic rings. The van der Waals surface area contributed by atoms with E-state index in [1.54, 1.807) is 7.05 Å². The maximum Gasteiger partial charge on any atom is 0.240 e. The van der Waals surface area contributed by atoms with Crippen molar-refractivity contribution in [2.24, 2.45) is 0 Å². The second-order valence-corrected chi connectivity index (χ2v) is 6.20. The summed E-state index contributed by atoms with van der Waals surface area (Å²) in [6.45, 7) is 5.27. The van der Waals surface area contributed by atoms with Gasteiger partial charge in [-0.2, -0.15) is 0 Å². The molecule has 0 saturated carbocycles. The summed E-state index contributed by atoms with van der Waals surface area (Å²) < 4.78 is 0. The number of hydrogen-bond acceptors (Lipinski definition) is 4. The molecule has 0 fully saturated rings. The first-order valence-corrected chi connectivity index (χ1v) is 8.91. The van der Waals surface area contributed by atoms with Crippen molar-refractivity contribution < 1.29 is 14.4 Å². The smallest absolute Gasteiger partial charge is 0.240 e. The van der Waals surface area contributed by atoms with Gasteiger partial charge in [0.05, 0.1) is 12.1 Å². The number of rotatable bonds is 15. The molecule has 24 heavy (non-hydrogen) atoms. The number of carbonyl (C=O) groups excluding carboxylic acids is 3. The number of unbranched alkanes of at least 4 members (excludes halogenated alkanes) is 4. The van der Waals surface area contributed by atoms with Crippen LogP contribution in [0, 0.1) is 0 Å². The van der Waals surface area contributed by atoms with Crippen LogP contribution >= 0.6 is 0 Å². The summed E-state index contributed by atoms with van der Waals surface area (Å²) >= 11 is 0. The monoisotopic (exact) mass is 342 g/mol. The predicted molar refractivity (Wildman–Crippen MR) is 95.5 cm³/mol. The van der Waals surface area contributed by atoms with Gasteiger partial charge in [0.1, 0.15) is 0 Å². The lowest BCUT2D eigenvalue weighted by Crippen LogP contribution is -2.55. The standard InChI is InChI=1S/C17H34N4O3/c1-4-5-12-20-15(23)13-21-16(24)17(2,18-3)10-8-6-7-9-11-19-14-22/h14,18H,4-13H2,1-3H3,(H,19,22)(H,20,23)(H,21,24). The summed E-state index contributed by atoms with van der Waals surface area (Å²) in [4.78, 5) is 34.1. The molecule has 0 bridgehead atoms. The molecule has 0 aliphatic heterocycles. The van der Waals surface area contributed by atoms with E-state index < -0.39 is 5.54 Å². The van der Waals surface area contributed by atoms with E-state index in [-0.39, 0.29) is 18.4 Å². The molecule has 0 rings (SSSR count). The third-order valence-electron chi connectivity index (χ3n) is 4.15. The largest absolute Gasteiger partial charge is 0.359 e. The SMILES string of the molecule is CCCCNC(=O)CNC(=O)C(C)(CCCCCCNC=O)NC. The molecule has 0 aromatic heterocycles. The van der Waals surface area contributed by atoms with Crippen LogP contribution in [0.5, 0.6) is 0 Å². The fraction of sp³-hybridized carbons (Fsp3) is 0.824. The van der Waals surface area contributed by atoms with Crippen molar-refractivity contribution >= 4 is 18.2 Å². The molecule has 0 radical (unpaired) electrons. The minimum Gasteiger partial charge on any atom is -0.359 e. The average Bonchev–Trinajstić information content (AvgIpc) is 2.58. The highest BCUT2D eigenvalue weighted by Crippen LogP contribution is 2.15. The highest BCUT2D eigenvalue weighted by molar-refractivity contribution is 5.89. The Hall–Kier alpha value is -1.63. The maximum absolute atomic E-state index is 12.3. The van der Waals surface area contributed by atoms with Crippen LogP contribution in [0.25, 0.3) is 0 Å². The van der Waals surface area contributed by atoms with Crippen LogP contribution < -0.4 is 21.3 Å². The summed E-state index contributed by atoms with van der Waals surface area (Å²) in [5.74, 6) is -0.309. The second-order valence-electron chi connectivity index (χ2n) is 6.20. The molecule has 0 aromatic rings. The molecule has 7 nitrogen and oxygen atoms in total. The lowest BCUT2D eigenvalue weighted by atomic mass is 9.93. The summed E-state index contributed by atoms with van der Waals surface area (Å²) in [6, 6.07) is 0. The van der Waals surface area contributed by atoms with Gasteiger partial charge in [-0.3, -0.25) is 14.4 Å². The molecule has 0 aromatic carbocycles. The number of amides is 3.